The van der Waals surface area contributed by atoms with Crippen LogP contribution in [0.5, 0.6) is 11.5 Å². The number of hydrogen-bond acceptors (Lipinski definition) is 6. The summed E-state index contributed by atoms with van der Waals surface area (Å²) < 4.78 is 15.1. The average Bonchev–Trinajstić information content (AvgIpc) is 2.51. The van der Waals surface area contributed by atoms with Gasteiger partial charge in [0.1, 0.15) is 0 Å². The smallest absolute Gasteiger partial charge is 0.338 e. The number of carbonyl (C=O) groups excluding carboxylic acids is 2. The molecule has 21 heavy (non-hydrogen) atoms. The van der Waals surface area contributed by atoms with Crippen LogP contribution in [0.2, 0.25) is 0 Å². The van der Waals surface area contributed by atoms with E-state index in [4.69, 9.17) is 9.47 Å². The minimum atomic E-state index is -0.526. The number of benzene rings is 1. The Morgan fingerprint density at radius 2 is 1.86 bits per heavy atom. The molecule has 0 aliphatic heterocycles. The van der Waals surface area contributed by atoms with Crippen molar-refractivity contribution in [2.45, 2.75) is 6.42 Å². The number of nitrogens with one attached hydrogen (secondary N) is 2. The Morgan fingerprint density at radius 3 is 2.38 bits per heavy atom. The molecule has 1 rings (SSSR count). The van der Waals surface area contributed by atoms with E-state index in [9.17, 15) is 9.59 Å². The standard InChI is InChI=1S/C14H20N2O5/c1-15-6-5-12(17)16-10-7-9(14(18)21-4)8-11(19-2)13(10)20-3/h7-8,15H,5-6H2,1-4H3,(H,16,17). The lowest BCUT2D eigenvalue weighted by Crippen LogP contribution is -2.19. The Hall–Kier alpha value is -2.28. The van der Waals surface area contributed by atoms with Crippen LogP contribution in [0.1, 0.15) is 16.8 Å². The highest BCUT2D eigenvalue weighted by Crippen LogP contribution is 2.36. The molecular weight excluding hydrogens is 276 g/mol. The first-order valence-corrected chi connectivity index (χ1v) is 6.36. The SMILES string of the molecule is CNCCC(=O)Nc1cc(C(=O)OC)cc(OC)c1OC. The molecule has 0 atom stereocenters. The number of amides is 1. The van der Waals surface area contributed by atoms with Gasteiger partial charge in [-0.3, -0.25) is 4.79 Å². The molecule has 0 bridgehead atoms. The fraction of sp³-hybridized carbons (Fsp3) is 0.429. The van der Waals surface area contributed by atoms with Gasteiger partial charge in [0, 0.05) is 13.0 Å². The van der Waals surface area contributed by atoms with Crippen molar-refractivity contribution < 1.29 is 23.8 Å². The summed E-state index contributed by atoms with van der Waals surface area (Å²) in [5, 5.41) is 5.58. The average molecular weight is 296 g/mol. The molecule has 0 aliphatic carbocycles. The van der Waals surface area contributed by atoms with Crippen LogP contribution in [0, 0.1) is 0 Å². The number of anilines is 1. The maximum atomic E-state index is 11.8. The normalized spacial score (nSPS) is 9.90. The van der Waals surface area contributed by atoms with E-state index < -0.39 is 5.97 Å². The number of methoxy groups -OCH3 is 3. The van der Waals surface area contributed by atoms with Crippen molar-refractivity contribution in [2.75, 3.05) is 40.2 Å². The van der Waals surface area contributed by atoms with Gasteiger partial charge in [-0.05, 0) is 19.2 Å². The van der Waals surface area contributed by atoms with Crippen molar-refractivity contribution in [1.82, 2.24) is 5.32 Å². The minimum Gasteiger partial charge on any atom is -0.493 e. The third-order valence-corrected chi connectivity index (χ3v) is 2.78. The lowest BCUT2D eigenvalue weighted by atomic mass is 10.1. The van der Waals surface area contributed by atoms with E-state index in [1.807, 2.05) is 0 Å². The number of esters is 1. The monoisotopic (exact) mass is 296 g/mol. The van der Waals surface area contributed by atoms with Crippen LogP contribution < -0.4 is 20.1 Å². The molecule has 7 heteroatoms. The summed E-state index contributed by atoms with van der Waals surface area (Å²) in [6.45, 7) is 0.544. The summed E-state index contributed by atoms with van der Waals surface area (Å²) in [6.07, 6.45) is 0.296. The molecule has 2 N–H and O–H groups in total. The summed E-state index contributed by atoms with van der Waals surface area (Å²) in [4.78, 5) is 23.5. The van der Waals surface area contributed by atoms with Gasteiger partial charge >= 0.3 is 5.97 Å². The van der Waals surface area contributed by atoms with Gasteiger partial charge in [-0.25, -0.2) is 4.79 Å². The molecule has 0 unspecified atom stereocenters. The molecule has 0 aromatic heterocycles. The van der Waals surface area contributed by atoms with Gasteiger partial charge in [0.05, 0.1) is 32.6 Å². The van der Waals surface area contributed by atoms with E-state index in [0.29, 0.717) is 30.2 Å². The molecule has 0 fully saturated rings. The van der Waals surface area contributed by atoms with Crippen molar-refractivity contribution in [3.8, 4) is 11.5 Å². The highest BCUT2D eigenvalue weighted by Gasteiger charge is 2.18. The molecule has 0 radical (unpaired) electrons. The molecule has 0 heterocycles. The maximum absolute atomic E-state index is 11.8. The van der Waals surface area contributed by atoms with Crippen molar-refractivity contribution >= 4 is 17.6 Å². The first-order valence-electron chi connectivity index (χ1n) is 6.36. The summed E-state index contributed by atoms with van der Waals surface area (Å²) in [5.41, 5.74) is 0.623. The maximum Gasteiger partial charge on any atom is 0.338 e. The van der Waals surface area contributed by atoms with Gasteiger partial charge in [0.25, 0.3) is 0 Å². The Bertz CT molecular complexity index is 516. The molecule has 7 nitrogen and oxygen atoms in total. The van der Waals surface area contributed by atoms with Crippen molar-refractivity contribution in [1.29, 1.82) is 0 Å². The van der Waals surface area contributed by atoms with Gasteiger partial charge < -0.3 is 24.8 Å². The van der Waals surface area contributed by atoms with Crippen molar-refractivity contribution in [3.05, 3.63) is 17.7 Å². The van der Waals surface area contributed by atoms with Crippen molar-refractivity contribution in [3.63, 3.8) is 0 Å². The Labute approximate surface area is 123 Å². The lowest BCUT2D eigenvalue weighted by molar-refractivity contribution is -0.116. The second-order valence-corrected chi connectivity index (χ2v) is 4.15. The molecule has 0 aliphatic rings. The third kappa shape index (κ3) is 4.35. The molecular formula is C14H20N2O5. The van der Waals surface area contributed by atoms with Gasteiger partial charge in [-0.15, -0.1) is 0 Å². The second kappa shape index (κ2) is 8.11. The molecule has 0 saturated carbocycles. The van der Waals surface area contributed by atoms with Gasteiger partial charge in [0.2, 0.25) is 5.91 Å². The van der Waals surface area contributed by atoms with Crippen LogP contribution in [0.3, 0.4) is 0 Å². The van der Waals surface area contributed by atoms with E-state index in [2.05, 4.69) is 15.4 Å². The Kier molecular flexibility index (Phi) is 6.48. The van der Waals surface area contributed by atoms with Crippen molar-refractivity contribution in [2.24, 2.45) is 0 Å². The highest BCUT2D eigenvalue weighted by atomic mass is 16.5. The number of ether oxygens (including phenoxy) is 3. The fourth-order valence-electron chi connectivity index (χ4n) is 1.74. The zero-order chi connectivity index (χ0) is 15.8. The Morgan fingerprint density at radius 1 is 1.14 bits per heavy atom. The molecule has 1 aromatic carbocycles. The molecule has 0 spiro atoms. The second-order valence-electron chi connectivity index (χ2n) is 4.15. The van der Waals surface area contributed by atoms with E-state index in [1.165, 1.54) is 33.5 Å². The quantitative estimate of drug-likeness (QED) is 0.731. The zero-order valence-electron chi connectivity index (χ0n) is 12.6. The van der Waals surface area contributed by atoms with Gasteiger partial charge in [-0.2, -0.15) is 0 Å². The molecule has 1 aromatic rings. The number of hydrogen-bond donors (Lipinski definition) is 2. The van der Waals surface area contributed by atoms with Crippen LogP contribution in [0.15, 0.2) is 12.1 Å². The topological polar surface area (TPSA) is 85.9 Å². The molecule has 116 valence electrons. The summed E-state index contributed by atoms with van der Waals surface area (Å²) in [5.74, 6) is -0.0410. The summed E-state index contributed by atoms with van der Waals surface area (Å²) >= 11 is 0. The van der Waals surface area contributed by atoms with Crippen LogP contribution in [-0.4, -0.2) is 46.8 Å². The lowest BCUT2D eigenvalue weighted by Gasteiger charge is -2.15. The predicted molar refractivity (Wildman–Crippen MR) is 78.1 cm³/mol. The largest absolute Gasteiger partial charge is 0.493 e. The molecule has 0 saturated heterocycles. The van der Waals surface area contributed by atoms with E-state index >= 15 is 0 Å². The van der Waals surface area contributed by atoms with E-state index in [1.54, 1.807) is 7.05 Å². The van der Waals surface area contributed by atoms with E-state index in [0.717, 1.165) is 0 Å². The van der Waals surface area contributed by atoms with Crippen LogP contribution in [0.4, 0.5) is 5.69 Å². The highest BCUT2D eigenvalue weighted by molar-refractivity contribution is 5.97. The van der Waals surface area contributed by atoms with Crippen LogP contribution in [0.25, 0.3) is 0 Å². The molecule has 1 amide bonds. The van der Waals surface area contributed by atoms with Gasteiger partial charge in [-0.1, -0.05) is 0 Å². The number of rotatable bonds is 7. The zero-order valence-corrected chi connectivity index (χ0v) is 12.6. The first kappa shape index (κ1) is 16.8. The summed E-state index contributed by atoms with van der Waals surface area (Å²) in [7, 11) is 5.95. The third-order valence-electron chi connectivity index (χ3n) is 2.78. The van der Waals surface area contributed by atoms with E-state index in [-0.39, 0.29) is 11.5 Å². The fourth-order valence-corrected chi connectivity index (χ4v) is 1.74. The predicted octanol–water partition coefficient (Wildman–Crippen LogP) is 1.04. The Balaban J connectivity index is 3.14. The summed E-state index contributed by atoms with van der Waals surface area (Å²) in [6, 6.07) is 2.98. The van der Waals surface area contributed by atoms with Gasteiger partial charge in [0.15, 0.2) is 11.5 Å². The first-order chi connectivity index (χ1) is 10.1. The van der Waals surface area contributed by atoms with Crippen LogP contribution >= 0.6 is 0 Å². The minimum absolute atomic E-state index is 0.202. The number of carbonyl (C=O) groups is 2. The van der Waals surface area contributed by atoms with Crippen LogP contribution in [-0.2, 0) is 9.53 Å².